The highest BCUT2D eigenvalue weighted by Gasteiger charge is 2.28. The minimum absolute atomic E-state index is 0.256. The number of hydrogen-bond acceptors (Lipinski definition) is 6. The quantitative estimate of drug-likeness (QED) is 0.521. The van der Waals surface area contributed by atoms with Crippen LogP contribution in [0, 0.1) is 0 Å². The first kappa shape index (κ1) is 16.8. The van der Waals surface area contributed by atoms with Crippen LogP contribution in [-0.2, 0) is 0 Å². The minimum Gasteiger partial charge on any atom is -0.436 e. The normalized spacial score (nSPS) is 13.4. The molecule has 4 aromatic rings. The van der Waals surface area contributed by atoms with Gasteiger partial charge in [0.2, 0.25) is 11.0 Å². The Labute approximate surface area is 165 Å². The third kappa shape index (κ3) is 3.32. The molecule has 6 nitrogen and oxygen atoms in total. The van der Waals surface area contributed by atoms with E-state index in [0.29, 0.717) is 33.8 Å². The predicted octanol–water partition coefficient (Wildman–Crippen LogP) is 4.99. The number of nitrogens with zero attached hydrogens (tertiary/aromatic N) is 3. The summed E-state index contributed by atoms with van der Waals surface area (Å²) in [5.41, 5.74) is 2.05. The number of aromatic nitrogens is 3. The maximum atomic E-state index is 12.8. The van der Waals surface area contributed by atoms with Crippen molar-refractivity contribution in [2.24, 2.45) is 0 Å². The summed E-state index contributed by atoms with van der Waals surface area (Å²) < 4.78 is 5.92. The highest BCUT2D eigenvalue weighted by molar-refractivity contribution is 7.15. The lowest BCUT2D eigenvalue weighted by Crippen LogP contribution is -2.13. The van der Waals surface area contributed by atoms with Crippen LogP contribution < -0.4 is 5.32 Å². The van der Waals surface area contributed by atoms with E-state index in [4.69, 9.17) is 4.42 Å². The first-order chi connectivity index (χ1) is 13.8. The summed E-state index contributed by atoms with van der Waals surface area (Å²) >= 11 is 1.44. The Bertz CT molecular complexity index is 1130. The van der Waals surface area contributed by atoms with Crippen molar-refractivity contribution in [2.45, 2.75) is 18.8 Å². The number of hydrogen-bond donors (Lipinski definition) is 1. The molecule has 7 heteroatoms. The van der Waals surface area contributed by atoms with E-state index in [2.05, 4.69) is 20.5 Å². The second-order valence-electron chi connectivity index (χ2n) is 6.62. The predicted molar refractivity (Wildman–Crippen MR) is 107 cm³/mol. The maximum Gasteiger partial charge on any atom is 0.258 e. The summed E-state index contributed by atoms with van der Waals surface area (Å²) in [6.07, 6.45) is 3.98. The Balaban J connectivity index is 1.42. The molecule has 1 fully saturated rings. The molecule has 0 atom stereocenters. The molecule has 0 unspecified atom stereocenters. The largest absolute Gasteiger partial charge is 0.436 e. The standard InChI is InChI=1S/C21H16N4O2S/c26-18(23-21-25-24-20(28-21)14-10-11-14)15-8-4-5-9-16(15)19-22-12-17(27-19)13-6-2-1-3-7-13/h1-9,12,14H,10-11H2,(H,23,25,26). The SMILES string of the molecule is O=C(Nc1nnc(C2CC2)s1)c1ccccc1-c1ncc(-c2ccccc2)o1. The van der Waals surface area contributed by atoms with Gasteiger partial charge in [0.15, 0.2) is 5.76 Å². The van der Waals surface area contributed by atoms with E-state index >= 15 is 0 Å². The Morgan fingerprint density at radius 1 is 1.04 bits per heavy atom. The first-order valence-electron chi connectivity index (χ1n) is 9.03. The number of amides is 1. The average Bonchev–Trinajstić information content (AvgIpc) is 3.28. The second kappa shape index (κ2) is 7.01. The zero-order chi connectivity index (χ0) is 18.9. The van der Waals surface area contributed by atoms with Crippen molar-refractivity contribution in [3.05, 3.63) is 71.4 Å². The van der Waals surface area contributed by atoms with Crippen molar-refractivity contribution in [2.75, 3.05) is 5.32 Å². The Morgan fingerprint density at radius 2 is 1.82 bits per heavy atom. The summed E-state index contributed by atoms with van der Waals surface area (Å²) in [7, 11) is 0. The number of anilines is 1. The van der Waals surface area contributed by atoms with Crippen molar-refractivity contribution >= 4 is 22.4 Å². The van der Waals surface area contributed by atoms with Crippen LogP contribution in [0.4, 0.5) is 5.13 Å². The first-order valence-corrected chi connectivity index (χ1v) is 9.85. The van der Waals surface area contributed by atoms with Crippen LogP contribution in [0.3, 0.4) is 0 Å². The molecule has 0 saturated heterocycles. The van der Waals surface area contributed by atoms with Gasteiger partial charge < -0.3 is 4.42 Å². The van der Waals surface area contributed by atoms with Crippen LogP contribution in [0.1, 0.15) is 34.1 Å². The van der Waals surface area contributed by atoms with Gasteiger partial charge in [-0.15, -0.1) is 10.2 Å². The molecule has 1 amide bonds. The molecular formula is C21H16N4O2S. The van der Waals surface area contributed by atoms with Gasteiger partial charge in [-0.05, 0) is 25.0 Å². The summed E-state index contributed by atoms with van der Waals surface area (Å²) in [5, 5.41) is 12.6. The summed E-state index contributed by atoms with van der Waals surface area (Å²) in [5.74, 6) is 1.32. The van der Waals surface area contributed by atoms with E-state index in [9.17, 15) is 4.79 Å². The van der Waals surface area contributed by atoms with Crippen molar-refractivity contribution in [3.8, 4) is 22.8 Å². The number of rotatable bonds is 5. The fourth-order valence-corrected chi connectivity index (χ4v) is 3.85. The lowest BCUT2D eigenvalue weighted by atomic mass is 10.1. The molecule has 1 aliphatic carbocycles. The average molecular weight is 388 g/mol. The van der Waals surface area contributed by atoms with E-state index in [1.54, 1.807) is 12.3 Å². The molecule has 5 rings (SSSR count). The molecule has 1 saturated carbocycles. The Kier molecular flexibility index (Phi) is 4.21. The van der Waals surface area contributed by atoms with Crippen molar-refractivity contribution in [1.82, 2.24) is 15.2 Å². The second-order valence-corrected chi connectivity index (χ2v) is 7.62. The van der Waals surface area contributed by atoms with Crippen LogP contribution >= 0.6 is 11.3 Å². The van der Waals surface area contributed by atoms with Gasteiger partial charge in [0.1, 0.15) is 5.01 Å². The minimum atomic E-state index is -0.256. The Hall–Kier alpha value is -3.32. The maximum absolute atomic E-state index is 12.8. The van der Waals surface area contributed by atoms with E-state index in [-0.39, 0.29) is 5.91 Å². The van der Waals surface area contributed by atoms with Gasteiger partial charge in [-0.2, -0.15) is 0 Å². The van der Waals surface area contributed by atoms with Gasteiger partial charge in [0.05, 0.1) is 11.8 Å². The topological polar surface area (TPSA) is 80.9 Å². The molecule has 28 heavy (non-hydrogen) atoms. The highest BCUT2D eigenvalue weighted by Crippen LogP contribution is 2.42. The van der Waals surface area contributed by atoms with Crippen LogP contribution in [0.15, 0.2) is 65.2 Å². The monoisotopic (exact) mass is 388 g/mol. The summed E-state index contributed by atoms with van der Waals surface area (Å²) in [6, 6.07) is 17.0. The lowest BCUT2D eigenvalue weighted by Gasteiger charge is -2.05. The fraction of sp³-hybridized carbons (Fsp3) is 0.143. The summed E-state index contributed by atoms with van der Waals surface area (Å²) in [4.78, 5) is 17.2. The van der Waals surface area contributed by atoms with Crippen molar-refractivity contribution in [1.29, 1.82) is 0 Å². The number of benzene rings is 2. The third-order valence-corrected chi connectivity index (χ3v) is 5.55. The number of nitrogens with one attached hydrogen (secondary N) is 1. The lowest BCUT2D eigenvalue weighted by molar-refractivity contribution is 0.102. The van der Waals surface area contributed by atoms with Gasteiger partial charge in [-0.1, -0.05) is 53.8 Å². The van der Waals surface area contributed by atoms with Gasteiger partial charge in [0, 0.05) is 17.0 Å². The molecular weight excluding hydrogens is 372 g/mol. The van der Waals surface area contributed by atoms with Crippen LogP contribution in [0.5, 0.6) is 0 Å². The Morgan fingerprint density at radius 3 is 2.64 bits per heavy atom. The molecule has 2 aromatic heterocycles. The zero-order valence-electron chi connectivity index (χ0n) is 14.8. The van der Waals surface area contributed by atoms with Crippen LogP contribution in [0.25, 0.3) is 22.8 Å². The van der Waals surface area contributed by atoms with E-state index in [1.807, 2.05) is 48.5 Å². The van der Waals surface area contributed by atoms with Crippen LogP contribution in [0.2, 0.25) is 0 Å². The van der Waals surface area contributed by atoms with Crippen molar-refractivity contribution < 1.29 is 9.21 Å². The molecule has 2 heterocycles. The molecule has 1 aliphatic rings. The van der Waals surface area contributed by atoms with Gasteiger partial charge in [-0.25, -0.2) is 4.98 Å². The smallest absolute Gasteiger partial charge is 0.258 e. The zero-order valence-corrected chi connectivity index (χ0v) is 15.6. The highest BCUT2D eigenvalue weighted by atomic mass is 32.1. The summed E-state index contributed by atoms with van der Waals surface area (Å²) in [6.45, 7) is 0. The molecule has 0 bridgehead atoms. The third-order valence-electron chi connectivity index (χ3n) is 4.55. The van der Waals surface area contributed by atoms with Gasteiger partial charge in [0.25, 0.3) is 5.91 Å². The molecule has 2 aromatic carbocycles. The fourth-order valence-electron chi connectivity index (χ4n) is 2.95. The molecule has 0 aliphatic heterocycles. The molecule has 0 radical (unpaired) electrons. The van der Waals surface area contributed by atoms with E-state index in [1.165, 1.54) is 11.3 Å². The number of carbonyl (C=O) groups is 1. The van der Waals surface area contributed by atoms with Gasteiger partial charge >= 0.3 is 0 Å². The van der Waals surface area contributed by atoms with Crippen LogP contribution in [-0.4, -0.2) is 21.1 Å². The molecule has 0 spiro atoms. The van der Waals surface area contributed by atoms with Crippen molar-refractivity contribution in [3.63, 3.8) is 0 Å². The number of oxazole rings is 1. The number of carbonyl (C=O) groups excluding carboxylic acids is 1. The molecule has 138 valence electrons. The molecule has 1 N–H and O–H groups in total. The van der Waals surface area contributed by atoms with Gasteiger partial charge in [-0.3, -0.25) is 10.1 Å². The van der Waals surface area contributed by atoms with E-state index in [0.717, 1.165) is 23.4 Å². The van der Waals surface area contributed by atoms with E-state index < -0.39 is 0 Å².